The number of ether oxygens (including phenoxy) is 1. The molecular formula is C3H6NO3P. The van der Waals surface area contributed by atoms with E-state index in [-0.39, 0.29) is 8.61 Å². The largest absolute Gasteiger partial charge is 0.452 e. The maximum atomic E-state index is 10.2. The second kappa shape index (κ2) is 3.38. The molecule has 0 saturated heterocycles. The summed E-state index contributed by atoms with van der Waals surface area (Å²) < 4.78 is 14.9. The minimum Gasteiger partial charge on any atom is -0.452 e. The van der Waals surface area contributed by atoms with Crippen LogP contribution in [0.3, 0.4) is 0 Å². The van der Waals surface area contributed by atoms with Crippen LogP contribution < -0.4 is 0 Å². The Labute approximate surface area is 48.7 Å². The molecule has 0 aromatic carbocycles. The summed E-state index contributed by atoms with van der Waals surface area (Å²) in [7, 11) is 2.23. The van der Waals surface area contributed by atoms with Crippen LogP contribution in [0, 0.1) is 0 Å². The Kier molecular flexibility index (Phi) is 3.12. The van der Waals surface area contributed by atoms with Gasteiger partial charge in [-0.25, -0.2) is 14.0 Å². The van der Waals surface area contributed by atoms with E-state index in [0.717, 1.165) is 4.67 Å². The number of carbonyl (C=O) groups is 1. The van der Waals surface area contributed by atoms with E-state index < -0.39 is 6.09 Å². The molecule has 1 amide bonds. The van der Waals surface area contributed by atoms with Crippen LogP contribution in [0.2, 0.25) is 0 Å². The number of hydrogen-bond donors (Lipinski definition) is 0. The lowest BCUT2D eigenvalue weighted by Gasteiger charge is -2.02. The third kappa shape index (κ3) is 1.89. The Hall–Kier alpha value is -0.630. The smallest absolute Gasteiger partial charge is 0.419 e. The van der Waals surface area contributed by atoms with E-state index in [0.29, 0.717) is 0 Å². The van der Waals surface area contributed by atoms with E-state index in [1.807, 2.05) is 0 Å². The van der Waals surface area contributed by atoms with Gasteiger partial charge in [0.15, 0.2) is 0 Å². The topological polar surface area (TPSA) is 46.6 Å². The molecule has 0 aliphatic carbocycles. The lowest BCUT2D eigenvalue weighted by Crippen LogP contribution is -2.15. The third-order valence-electron chi connectivity index (χ3n) is 0.561. The highest BCUT2D eigenvalue weighted by Crippen LogP contribution is 2.00. The van der Waals surface area contributed by atoms with Crippen LogP contribution in [0.15, 0.2) is 0 Å². The highest BCUT2D eigenvalue weighted by Gasteiger charge is 2.04. The fourth-order valence-corrected chi connectivity index (χ4v) is 0.314. The lowest BCUT2D eigenvalue weighted by atomic mass is 11.1. The van der Waals surface area contributed by atoms with E-state index in [2.05, 4.69) is 4.74 Å². The molecular weight excluding hydrogens is 129 g/mol. The fraction of sp³-hybridized carbons (Fsp3) is 0.667. The Morgan fingerprint density at radius 2 is 2.25 bits per heavy atom. The molecule has 0 fully saturated rings. The number of rotatable bonds is 1. The summed E-state index contributed by atoms with van der Waals surface area (Å²) in [6.45, 7) is 0. The molecule has 0 aliphatic heterocycles. The first kappa shape index (κ1) is 7.37. The molecule has 8 heavy (non-hydrogen) atoms. The summed E-state index contributed by atoms with van der Waals surface area (Å²) in [6, 6.07) is 0. The molecule has 0 aromatic heterocycles. The molecule has 0 unspecified atom stereocenters. The maximum Gasteiger partial charge on any atom is 0.419 e. The third-order valence-corrected chi connectivity index (χ3v) is 0.970. The first-order valence-electron chi connectivity index (χ1n) is 1.87. The van der Waals surface area contributed by atoms with Crippen LogP contribution in [0.25, 0.3) is 0 Å². The van der Waals surface area contributed by atoms with Crippen LogP contribution in [0.5, 0.6) is 0 Å². The van der Waals surface area contributed by atoms with Crippen LogP contribution in [0.1, 0.15) is 0 Å². The van der Waals surface area contributed by atoms with Gasteiger partial charge in [-0.15, -0.1) is 0 Å². The quantitative estimate of drug-likeness (QED) is 0.501. The zero-order valence-corrected chi connectivity index (χ0v) is 5.51. The van der Waals surface area contributed by atoms with E-state index in [4.69, 9.17) is 0 Å². The second-order valence-corrected chi connectivity index (χ2v) is 1.84. The molecule has 0 saturated carbocycles. The maximum absolute atomic E-state index is 10.2. The predicted molar refractivity (Wildman–Crippen MR) is 27.8 cm³/mol. The normalized spacial score (nSPS) is 8.75. The molecule has 0 spiro atoms. The van der Waals surface area contributed by atoms with Crippen LogP contribution in [-0.4, -0.2) is 24.9 Å². The van der Waals surface area contributed by atoms with Gasteiger partial charge in [0.1, 0.15) is 0 Å². The molecule has 4 nitrogen and oxygen atoms in total. The number of methoxy groups -OCH3 is 1. The van der Waals surface area contributed by atoms with Crippen LogP contribution >= 0.6 is 8.61 Å². The van der Waals surface area contributed by atoms with Gasteiger partial charge in [0.2, 0.25) is 0 Å². The van der Waals surface area contributed by atoms with Gasteiger partial charge in [-0.2, -0.15) is 0 Å². The molecule has 0 N–H and O–H groups in total. The minimum absolute atomic E-state index is 0.353. The fourth-order valence-electron chi connectivity index (χ4n) is 0.165. The Morgan fingerprint density at radius 1 is 1.75 bits per heavy atom. The SMILES string of the molecule is COC(=O)N(C)P=O. The van der Waals surface area contributed by atoms with Gasteiger partial charge in [0.25, 0.3) is 8.61 Å². The van der Waals surface area contributed by atoms with E-state index in [1.54, 1.807) is 0 Å². The van der Waals surface area contributed by atoms with Crippen molar-refractivity contribution in [2.75, 3.05) is 14.2 Å². The molecule has 0 aliphatic rings. The molecule has 0 rings (SSSR count). The molecule has 0 aromatic rings. The van der Waals surface area contributed by atoms with E-state index >= 15 is 0 Å². The van der Waals surface area contributed by atoms with Crippen molar-refractivity contribution in [2.24, 2.45) is 0 Å². The van der Waals surface area contributed by atoms with Crippen molar-refractivity contribution in [1.82, 2.24) is 4.67 Å². The van der Waals surface area contributed by atoms with Gasteiger partial charge >= 0.3 is 6.09 Å². The zero-order valence-electron chi connectivity index (χ0n) is 4.62. The highest BCUT2D eigenvalue weighted by atomic mass is 31.1. The second-order valence-electron chi connectivity index (χ2n) is 1.08. The standard InChI is InChI=1S/C3H6NO3P/c1-4(8-6)3(5)7-2/h1-2H3. The van der Waals surface area contributed by atoms with E-state index in [1.165, 1.54) is 14.2 Å². The summed E-state index contributed by atoms with van der Waals surface area (Å²) >= 11 is 0. The van der Waals surface area contributed by atoms with Gasteiger partial charge in [-0.05, 0) is 0 Å². The first-order chi connectivity index (χ1) is 3.72. The van der Waals surface area contributed by atoms with Crippen molar-refractivity contribution in [3.63, 3.8) is 0 Å². The van der Waals surface area contributed by atoms with Gasteiger partial charge < -0.3 is 4.74 Å². The van der Waals surface area contributed by atoms with Crippen molar-refractivity contribution >= 4 is 14.7 Å². The average molecular weight is 135 g/mol. The van der Waals surface area contributed by atoms with Gasteiger partial charge in [0.05, 0.1) is 7.11 Å². The summed E-state index contributed by atoms with van der Waals surface area (Å²) in [5.74, 6) is 0. The summed E-state index contributed by atoms with van der Waals surface area (Å²) in [5, 5.41) is 0. The number of hydrogen-bond acceptors (Lipinski definition) is 3. The predicted octanol–water partition coefficient (Wildman–Crippen LogP) is 0.891. The lowest BCUT2D eigenvalue weighted by molar-refractivity contribution is 0.156. The number of nitrogens with zero attached hydrogens (tertiary/aromatic N) is 1. The molecule has 46 valence electrons. The average Bonchev–Trinajstić information content (AvgIpc) is 1.84. The molecule has 5 heteroatoms. The Balaban J connectivity index is 3.62. The summed E-state index contributed by atoms with van der Waals surface area (Å²) in [4.78, 5) is 10.2. The number of amides is 1. The first-order valence-corrected chi connectivity index (χ1v) is 2.64. The molecule has 0 atom stereocenters. The Bertz CT molecular complexity index is 105. The van der Waals surface area contributed by atoms with Crippen molar-refractivity contribution in [1.29, 1.82) is 0 Å². The van der Waals surface area contributed by atoms with E-state index in [9.17, 15) is 9.36 Å². The number of carbonyl (C=O) groups excluding carboxylic acids is 1. The molecule has 0 bridgehead atoms. The van der Waals surface area contributed by atoms with Crippen molar-refractivity contribution in [2.45, 2.75) is 0 Å². The van der Waals surface area contributed by atoms with Crippen molar-refractivity contribution in [3.05, 3.63) is 0 Å². The van der Waals surface area contributed by atoms with Gasteiger partial charge in [0, 0.05) is 7.05 Å². The minimum atomic E-state index is -0.610. The summed E-state index contributed by atoms with van der Waals surface area (Å²) in [6.07, 6.45) is -0.610. The monoisotopic (exact) mass is 135 g/mol. The van der Waals surface area contributed by atoms with Crippen molar-refractivity contribution < 1.29 is 14.1 Å². The molecule has 0 radical (unpaired) electrons. The van der Waals surface area contributed by atoms with Crippen LogP contribution in [-0.2, 0) is 9.30 Å². The van der Waals surface area contributed by atoms with Crippen molar-refractivity contribution in [3.8, 4) is 0 Å². The van der Waals surface area contributed by atoms with Crippen LogP contribution in [0.4, 0.5) is 4.79 Å². The molecule has 0 heterocycles. The highest BCUT2D eigenvalue weighted by molar-refractivity contribution is 7.21. The summed E-state index contributed by atoms with van der Waals surface area (Å²) in [5.41, 5.74) is 0. The van der Waals surface area contributed by atoms with Gasteiger partial charge in [-0.1, -0.05) is 0 Å². The zero-order chi connectivity index (χ0) is 6.57. The van der Waals surface area contributed by atoms with Gasteiger partial charge in [-0.3, -0.25) is 0 Å². The Morgan fingerprint density at radius 3 is 2.38 bits per heavy atom.